The summed E-state index contributed by atoms with van der Waals surface area (Å²) in [5.74, 6) is -0.720. The van der Waals surface area contributed by atoms with Crippen LogP contribution in [0.2, 0.25) is 0 Å². The van der Waals surface area contributed by atoms with Crippen molar-refractivity contribution in [2.45, 2.75) is 249 Å². The number of hydrogen-bond acceptors (Lipinski definition) is 10. The maximum absolute atomic E-state index is 13.1. The minimum atomic E-state index is -1.67. The van der Waals surface area contributed by atoms with E-state index >= 15 is 0 Å². The lowest BCUT2D eigenvalue weighted by atomic mass is 9.98. The van der Waals surface area contributed by atoms with Crippen molar-refractivity contribution in [2.75, 3.05) is 13.2 Å². The Morgan fingerprint density at radius 1 is 0.576 bits per heavy atom. The fourth-order valence-electron chi connectivity index (χ4n) is 7.39. The van der Waals surface area contributed by atoms with Gasteiger partial charge in [0.1, 0.15) is 36.6 Å². The van der Waals surface area contributed by atoms with Crippen LogP contribution >= 0.6 is 0 Å². The molecule has 0 radical (unpaired) electrons. The van der Waals surface area contributed by atoms with Crippen molar-refractivity contribution in [3.63, 3.8) is 0 Å². The van der Waals surface area contributed by atoms with Crippen LogP contribution < -0.4 is 5.32 Å². The standard InChI is InChI=1S/C48H89NO10/c1-3-5-7-9-11-13-15-17-19-20-22-24-26-28-30-32-34-36-41(52)47(57)49-39(38-58-48-46(56)45(55)44(54)42(37-50)59-48)43(53)40(51)35-33-31-29-27-25-23-21-18-16-14-12-10-8-6-4-2/h18,21-22,24,27,29,39-46,48,50-56H,3-17,19-20,23,25-26,28,30-38H2,1-2H3,(H,49,57)/b21-18+,24-22-,29-27+. The smallest absolute Gasteiger partial charge is 0.249 e. The van der Waals surface area contributed by atoms with E-state index in [4.69, 9.17) is 9.47 Å². The number of hydrogen-bond donors (Lipinski definition) is 8. The van der Waals surface area contributed by atoms with Crippen molar-refractivity contribution < 1.29 is 50.0 Å². The summed E-state index contributed by atoms with van der Waals surface area (Å²) in [5, 5.41) is 75.6. The van der Waals surface area contributed by atoms with E-state index in [0.29, 0.717) is 19.3 Å². The summed E-state index contributed by atoms with van der Waals surface area (Å²) in [6.07, 6.45) is 31.9. The molecule has 11 nitrogen and oxygen atoms in total. The van der Waals surface area contributed by atoms with Crippen molar-refractivity contribution in [1.29, 1.82) is 0 Å². The second-order valence-corrected chi connectivity index (χ2v) is 16.8. The minimum absolute atomic E-state index is 0.237. The molecule has 11 heteroatoms. The average Bonchev–Trinajstić information content (AvgIpc) is 3.23. The molecule has 8 N–H and O–H groups in total. The maximum Gasteiger partial charge on any atom is 0.249 e. The first-order valence-corrected chi connectivity index (χ1v) is 23.9. The lowest BCUT2D eigenvalue weighted by Crippen LogP contribution is -2.60. The van der Waals surface area contributed by atoms with Crippen LogP contribution in [0.1, 0.15) is 194 Å². The van der Waals surface area contributed by atoms with Crippen LogP contribution in [0, 0.1) is 0 Å². The fraction of sp³-hybridized carbons (Fsp3) is 0.854. The van der Waals surface area contributed by atoms with Gasteiger partial charge in [0.05, 0.1) is 25.4 Å². The predicted molar refractivity (Wildman–Crippen MR) is 238 cm³/mol. The molecule has 0 saturated carbocycles. The second-order valence-electron chi connectivity index (χ2n) is 16.8. The summed E-state index contributed by atoms with van der Waals surface area (Å²) in [5.41, 5.74) is 0. The van der Waals surface area contributed by atoms with E-state index in [1.54, 1.807) is 0 Å². The molecule has 0 aromatic heterocycles. The normalized spacial score (nSPS) is 22.1. The van der Waals surface area contributed by atoms with Gasteiger partial charge >= 0.3 is 0 Å². The van der Waals surface area contributed by atoms with Crippen molar-refractivity contribution in [3.05, 3.63) is 36.5 Å². The minimum Gasteiger partial charge on any atom is -0.394 e. The van der Waals surface area contributed by atoms with E-state index in [1.807, 2.05) is 0 Å². The van der Waals surface area contributed by atoms with Gasteiger partial charge in [0.2, 0.25) is 5.91 Å². The molecule has 1 aliphatic rings. The largest absolute Gasteiger partial charge is 0.394 e. The van der Waals surface area contributed by atoms with Crippen LogP contribution in [0.5, 0.6) is 0 Å². The molecule has 1 saturated heterocycles. The Morgan fingerprint density at radius 2 is 1.02 bits per heavy atom. The lowest BCUT2D eigenvalue weighted by Gasteiger charge is -2.40. The Kier molecular flexibility index (Phi) is 35.7. The van der Waals surface area contributed by atoms with Crippen LogP contribution in [0.15, 0.2) is 36.5 Å². The summed E-state index contributed by atoms with van der Waals surface area (Å²) in [6.45, 7) is 3.40. The molecule has 9 atom stereocenters. The van der Waals surface area contributed by atoms with Crippen molar-refractivity contribution in [3.8, 4) is 0 Å². The van der Waals surface area contributed by atoms with Crippen LogP contribution in [0.3, 0.4) is 0 Å². The number of rotatable bonds is 39. The van der Waals surface area contributed by atoms with Crippen LogP contribution in [0.25, 0.3) is 0 Å². The number of nitrogens with one attached hydrogen (secondary N) is 1. The number of ether oxygens (including phenoxy) is 2. The van der Waals surface area contributed by atoms with Gasteiger partial charge in [0.15, 0.2) is 6.29 Å². The molecule has 59 heavy (non-hydrogen) atoms. The summed E-state index contributed by atoms with van der Waals surface area (Å²) in [4.78, 5) is 13.1. The Hall–Kier alpha value is -1.67. The fourth-order valence-corrected chi connectivity index (χ4v) is 7.39. The zero-order chi connectivity index (χ0) is 43.4. The number of amides is 1. The maximum atomic E-state index is 13.1. The molecular formula is C48H89NO10. The summed E-state index contributed by atoms with van der Waals surface area (Å²) < 4.78 is 11.1. The van der Waals surface area contributed by atoms with Gasteiger partial charge in [-0.2, -0.15) is 0 Å². The molecular weight excluding hydrogens is 751 g/mol. The SMILES string of the molecule is CCCCCCCC/C=C/CC/C=C/CCCC(O)C(O)C(COC1OC(CO)C(O)C(O)C1O)NC(=O)C(O)CCCCCC/C=C\CCCCCCCCCCC. The van der Waals surface area contributed by atoms with Gasteiger partial charge in [-0.25, -0.2) is 0 Å². The van der Waals surface area contributed by atoms with Crippen LogP contribution in [-0.2, 0) is 14.3 Å². The summed E-state index contributed by atoms with van der Waals surface area (Å²) >= 11 is 0. The number of allylic oxidation sites excluding steroid dienone is 6. The second kappa shape index (κ2) is 38.0. The number of aliphatic hydroxyl groups is 7. The topological polar surface area (TPSA) is 189 Å². The van der Waals surface area contributed by atoms with Gasteiger partial charge in [-0.3, -0.25) is 4.79 Å². The molecule has 346 valence electrons. The monoisotopic (exact) mass is 840 g/mol. The Labute approximate surface area is 358 Å². The lowest BCUT2D eigenvalue weighted by molar-refractivity contribution is -0.303. The van der Waals surface area contributed by atoms with Crippen LogP contribution in [0.4, 0.5) is 0 Å². The molecule has 9 unspecified atom stereocenters. The third kappa shape index (κ3) is 27.8. The van der Waals surface area contributed by atoms with Gasteiger partial charge in [0.25, 0.3) is 0 Å². The zero-order valence-electron chi connectivity index (χ0n) is 37.2. The van der Waals surface area contributed by atoms with E-state index in [9.17, 15) is 40.5 Å². The molecule has 0 aromatic rings. The van der Waals surface area contributed by atoms with Gasteiger partial charge in [-0.1, -0.05) is 153 Å². The van der Waals surface area contributed by atoms with E-state index in [-0.39, 0.29) is 12.8 Å². The molecule has 1 heterocycles. The van der Waals surface area contributed by atoms with Crippen LogP contribution in [-0.4, -0.2) is 110 Å². The van der Waals surface area contributed by atoms with Crippen molar-refractivity contribution in [2.24, 2.45) is 0 Å². The molecule has 0 bridgehead atoms. The molecule has 1 aliphatic heterocycles. The zero-order valence-corrected chi connectivity index (χ0v) is 37.2. The predicted octanol–water partition coefficient (Wildman–Crippen LogP) is 8.00. The number of aliphatic hydroxyl groups excluding tert-OH is 7. The average molecular weight is 840 g/mol. The van der Waals surface area contributed by atoms with E-state index in [0.717, 1.165) is 51.4 Å². The molecule has 0 spiro atoms. The van der Waals surface area contributed by atoms with E-state index in [2.05, 4.69) is 55.6 Å². The first-order valence-electron chi connectivity index (χ1n) is 23.9. The molecule has 1 fully saturated rings. The highest BCUT2D eigenvalue weighted by Crippen LogP contribution is 2.23. The first-order chi connectivity index (χ1) is 28.7. The Morgan fingerprint density at radius 3 is 1.51 bits per heavy atom. The third-order valence-electron chi connectivity index (χ3n) is 11.4. The van der Waals surface area contributed by atoms with Gasteiger partial charge in [-0.15, -0.1) is 0 Å². The number of carbonyl (C=O) groups excluding carboxylic acids is 1. The van der Waals surface area contributed by atoms with Crippen molar-refractivity contribution in [1.82, 2.24) is 5.32 Å². The van der Waals surface area contributed by atoms with Crippen molar-refractivity contribution >= 4 is 5.91 Å². The van der Waals surface area contributed by atoms with Gasteiger partial charge < -0.3 is 50.5 Å². The van der Waals surface area contributed by atoms with Gasteiger partial charge in [0, 0.05) is 0 Å². The highest BCUT2D eigenvalue weighted by molar-refractivity contribution is 5.80. The van der Waals surface area contributed by atoms with E-state index < -0.39 is 74.2 Å². The summed E-state index contributed by atoms with van der Waals surface area (Å²) in [7, 11) is 0. The third-order valence-corrected chi connectivity index (χ3v) is 11.4. The number of unbranched alkanes of at least 4 members (excludes halogenated alkanes) is 21. The summed E-state index contributed by atoms with van der Waals surface area (Å²) in [6, 6.07) is -1.19. The molecule has 1 rings (SSSR count). The molecule has 0 aromatic carbocycles. The highest BCUT2D eigenvalue weighted by Gasteiger charge is 2.44. The Balaban J connectivity index is 2.48. The van der Waals surface area contributed by atoms with Gasteiger partial charge in [-0.05, 0) is 77.0 Å². The Bertz CT molecular complexity index is 1050. The first kappa shape index (κ1) is 55.3. The number of carbonyl (C=O) groups is 1. The highest BCUT2D eigenvalue weighted by atomic mass is 16.7. The quantitative estimate of drug-likeness (QED) is 0.0223. The molecule has 0 aliphatic carbocycles. The molecule has 1 amide bonds. The van der Waals surface area contributed by atoms with E-state index in [1.165, 1.54) is 96.3 Å².